The Labute approximate surface area is 202 Å². The Hall–Kier alpha value is -3.45. The lowest BCUT2D eigenvalue weighted by Crippen LogP contribution is -2.45. The van der Waals surface area contributed by atoms with Gasteiger partial charge in [-0.05, 0) is 48.6 Å². The van der Waals surface area contributed by atoms with E-state index >= 15 is 0 Å². The second-order valence-corrected chi connectivity index (χ2v) is 8.69. The molecule has 3 aromatic rings. The summed E-state index contributed by atoms with van der Waals surface area (Å²) in [6.07, 6.45) is 3.11. The molecule has 176 valence electrons. The number of halogens is 2. The van der Waals surface area contributed by atoms with Crippen molar-refractivity contribution in [1.82, 2.24) is 10.3 Å². The normalized spacial score (nSPS) is 14.0. The minimum Gasteiger partial charge on any atom is -0.445 e. The molecule has 34 heavy (non-hydrogen) atoms. The van der Waals surface area contributed by atoms with Crippen molar-refractivity contribution in [2.45, 2.75) is 32.4 Å². The number of aryl methyl sites for hydroxylation is 1. The van der Waals surface area contributed by atoms with Crippen LogP contribution in [0.4, 0.5) is 14.9 Å². The van der Waals surface area contributed by atoms with Crippen LogP contribution in [0.5, 0.6) is 0 Å². The largest absolute Gasteiger partial charge is 0.445 e. The fourth-order valence-electron chi connectivity index (χ4n) is 4.22. The number of hydrogen-bond acceptors (Lipinski definition) is 5. The quantitative estimate of drug-likeness (QED) is 0.369. The zero-order chi connectivity index (χ0) is 24.1. The van der Waals surface area contributed by atoms with Crippen LogP contribution in [0.1, 0.15) is 34.3 Å². The van der Waals surface area contributed by atoms with E-state index in [1.165, 1.54) is 12.1 Å². The smallest absolute Gasteiger partial charge is 0.407 e. The molecule has 2 aromatic carbocycles. The van der Waals surface area contributed by atoms with Crippen molar-refractivity contribution >= 4 is 29.7 Å². The Morgan fingerprint density at radius 3 is 2.65 bits per heavy atom. The molecule has 1 fully saturated rings. The number of rotatable bonds is 6. The van der Waals surface area contributed by atoms with Crippen LogP contribution in [0.2, 0.25) is 5.15 Å². The van der Waals surface area contributed by atoms with E-state index in [0.717, 1.165) is 11.1 Å². The first kappa shape index (κ1) is 23.7. The second kappa shape index (κ2) is 10.7. The molecule has 1 aliphatic rings. The van der Waals surface area contributed by atoms with Crippen LogP contribution >= 0.6 is 11.6 Å². The van der Waals surface area contributed by atoms with E-state index in [9.17, 15) is 14.0 Å². The van der Waals surface area contributed by atoms with E-state index in [1.54, 1.807) is 6.20 Å². The average molecular weight is 482 g/mol. The fraction of sp³-hybridized carbons (Fsp3) is 0.269. The van der Waals surface area contributed by atoms with Gasteiger partial charge in [0, 0.05) is 30.9 Å². The second-order valence-electron chi connectivity index (χ2n) is 8.33. The molecule has 2 heterocycles. The molecule has 1 N–H and O–H groups in total. The summed E-state index contributed by atoms with van der Waals surface area (Å²) in [6.45, 7) is 3.17. The van der Waals surface area contributed by atoms with E-state index in [2.05, 4.69) is 10.3 Å². The Morgan fingerprint density at radius 2 is 1.97 bits per heavy atom. The lowest BCUT2D eigenvalue weighted by Gasteiger charge is -2.35. The van der Waals surface area contributed by atoms with Gasteiger partial charge in [0.05, 0.1) is 11.3 Å². The van der Waals surface area contributed by atoms with Crippen LogP contribution in [-0.4, -0.2) is 36.5 Å². The molecule has 0 bridgehead atoms. The molecule has 0 radical (unpaired) electrons. The maximum atomic E-state index is 14.1. The molecule has 1 amide bonds. The Balaban J connectivity index is 1.47. The summed E-state index contributed by atoms with van der Waals surface area (Å²) in [5.41, 5.74) is 3.86. The van der Waals surface area contributed by atoms with Crippen LogP contribution in [0.15, 0.2) is 54.7 Å². The van der Waals surface area contributed by atoms with Gasteiger partial charge in [0.15, 0.2) is 6.29 Å². The van der Waals surface area contributed by atoms with Gasteiger partial charge in [0.1, 0.15) is 17.6 Å². The zero-order valence-corrected chi connectivity index (χ0v) is 19.5. The zero-order valence-electron chi connectivity index (χ0n) is 18.8. The number of piperidine rings is 1. The molecular weight excluding hydrogens is 457 g/mol. The van der Waals surface area contributed by atoms with Crippen molar-refractivity contribution < 1.29 is 18.7 Å². The molecule has 1 aliphatic heterocycles. The number of carbonyl (C=O) groups excluding carboxylic acids is 2. The summed E-state index contributed by atoms with van der Waals surface area (Å²) in [7, 11) is 0. The number of nitrogens with zero attached hydrogens (tertiary/aromatic N) is 2. The number of ether oxygens (including phenoxy) is 1. The van der Waals surface area contributed by atoms with E-state index < -0.39 is 6.09 Å². The van der Waals surface area contributed by atoms with Crippen LogP contribution in [-0.2, 0) is 11.3 Å². The van der Waals surface area contributed by atoms with E-state index in [-0.39, 0.29) is 29.2 Å². The van der Waals surface area contributed by atoms with Gasteiger partial charge in [-0.3, -0.25) is 4.79 Å². The number of alkyl carbamates (subject to hydrolysis) is 1. The fourth-order valence-corrected chi connectivity index (χ4v) is 4.40. The third-order valence-electron chi connectivity index (χ3n) is 5.86. The lowest BCUT2D eigenvalue weighted by molar-refractivity contribution is 0.112. The molecule has 6 nitrogen and oxygen atoms in total. The number of aromatic nitrogens is 1. The molecule has 4 rings (SSSR count). The monoisotopic (exact) mass is 481 g/mol. The maximum absolute atomic E-state index is 14.1. The van der Waals surface area contributed by atoms with Gasteiger partial charge < -0.3 is 15.0 Å². The highest BCUT2D eigenvalue weighted by molar-refractivity contribution is 6.32. The van der Waals surface area contributed by atoms with Gasteiger partial charge in [-0.2, -0.15) is 0 Å². The molecule has 0 unspecified atom stereocenters. The predicted octanol–water partition coefficient (Wildman–Crippen LogP) is 5.56. The van der Waals surface area contributed by atoms with Crippen molar-refractivity contribution in [2.75, 3.05) is 18.0 Å². The van der Waals surface area contributed by atoms with E-state index in [0.29, 0.717) is 49.0 Å². The maximum Gasteiger partial charge on any atom is 0.407 e. The van der Waals surface area contributed by atoms with Gasteiger partial charge in [-0.1, -0.05) is 48.0 Å². The lowest BCUT2D eigenvalue weighted by atomic mass is 9.97. The number of pyridine rings is 1. The van der Waals surface area contributed by atoms with E-state index in [1.807, 2.05) is 48.2 Å². The first-order valence-corrected chi connectivity index (χ1v) is 11.5. The number of carbonyl (C=O) groups is 2. The number of nitrogens with one attached hydrogen (secondary N) is 1. The minimum absolute atomic E-state index is 0.0589. The van der Waals surface area contributed by atoms with Crippen molar-refractivity contribution in [1.29, 1.82) is 0 Å². The molecule has 1 saturated heterocycles. The third-order valence-corrected chi connectivity index (χ3v) is 6.16. The Bertz CT molecular complexity index is 1160. The van der Waals surface area contributed by atoms with Crippen LogP contribution < -0.4 is 10.2 Å². The van der Waals surface area contributed by atoms with Gasteiger partial charge in [0.2, 0.25) is 0 Å². The first-order chi connectivity index (χ1) is 16.4. The van der Waals surface area contributed by atoms with E-state index in [4.69, 9.17) is 16.3 Å². The van der Waals surface area contributed by atoms with Crippen LogP contribution in [0.25, 0.3) is 11.1 Å². The third kappa shape index (κ3) is 5.54. The number of hydrogen-bond donors (Lipinski definition) is 1. The Kier molecular flexibility index (Phi) is 7.43. The number of aldehydes is 1. The molecule has 1 aromatic heterocycles. The summed E-state index contributed by atoms with van der Waals surface area (Å²) in [4.78, 5) is 30.3. The summed E-state index contributed by atoms with van der Waals surface area (Å²) < 4.78 is 19.4. The summed E-state index contributed by atoms with van der Waals surface area (Å²) >= 11 is 6.24. The highest BCUT2D eigenvalue weighted by Gasteiger charge is 2.26. The summed E-state index contributed by atoms with van der Waals surface area (Å²) in [6, 6.07) is 14.1. The Morgan fingerprint density at radius 1 is 1.24 bits per heavy atom. The van der Waals surface area contributed by atoms with Crippen molar-refractivity contribution in [3.63, 3.8) is 0 Å². The number of amides is 1. The van der Waals surface area contributed by atoms with Crippen LogP contribution in [0.3, 0.4) is 0 Å². The number of benzene rings is 2. The van der Waals surface area contributed by atoms with Gasteiger partial charge in [-0.15, -0.1) is 0 Å². The molecule has 0 atom stereocenters. The molecule has 8 heteroatoms. The highest BCUT2D eigenvalue weighted by Crippen LogP contribution is 2.37. The van der Waals surface area contributed by atoms with Gasteiger partial charge in [-0.25, -0.2) is 14.2 Å². The summed E-state index contributed by atoms with van der Waals surface area (Å²) in [5.74, 6) is -0.361. The molecule has 0 spiro atoms. The molecular formula is C26H25ClFN3O3. The highest BCUT2D eigenvalue weighted by atomic mass is 35.5. The molecule has 0 saturated carbocycles. The van der Waals surface area contributed by atoms with Crippen molar-refractivity contribution in [3.8, 4) is 11.1 Å². The van der Waals surface area contributed by atoms with Gasteiger partial charge >= 0.3 is 6.09 Å². The predicted molar refractivity (Wildman–Crippen MR) is 130 cm³/mol. The van der Waals surface area contributed by atoms with Crippen LogP contribution in [0, 0.1) is 12.7 Å². The average Bonchev–Trinajstić information content (AvgIpc) is 2.83. The SMILES string of the molecule is Cc1cc(F)cc(-c2cnc(Cl)c(C=O)c2N2CCC(NC(=O)OCc3ccccc3)CC2)c1. The van der Waals surface area contributed by atoms with Crippen molar-refractivity contribution in [3.05, 3.63) is 82.4 Å². The topological polar surface area (TPSA) is 71.5 Å². The standard InChI is InChI=1S/C26H25ClFN3O3/c1-17-11-19(13-20(28)12-17)22-14-29-25(27)23(15-32)24(22)31-9-7-21(8-10-31)30-26(33)34-16-18-5-3-2-4-6-18/h2-6,11-15,21H,7-10,16H2,1H3,(H,30,33). The minimum atomic E-state index is -0.459. The number of anilines is 1. The first-order valence-electron chi connectivity index (χ1n) is 11.1. The van der Waals surface area contributed by atoms with Gasteiger partial charge in [0.25, 0.3) is 0 Å². The summed E-state index contributed by atoms with van der Waals surface area (Å²) in [5, 5.41) is 3.02. The molecule has 0 aliphatic carbocycles. The van der Waals surface area contributed by atoms with Crippen molar-refractivity contribution in [2.24, 2.45) is 0 Å².